The number of benzene rings is 1. The Morgan fingerprint density at radius 3 is 2.62 bits per heavy atom. The highest BCUT2D eigenvalue weighted by molar-refractivity contribution is 9.10. The van der Waals surface area contributed by atoms with Gasteiger partial charge >= 0.3 is 0 Å². The number of sulfonamides is 1. The highest BCUT2D eigenvalue weighted by Gasteiger charge is 2.27. The van der Waals surface area contributed by atoms with E-state index in [1.165, 1.54) is 6.42 Å². The predicted molar refractivity (Wildman–Crippen MR) is 88.6 cm³/mol. The number of hydrogen-bond donors (Lipinski definition) is 2. The standard InChI is InChI=1S/C15H23BrN2O2S/c1-11-5-3-4-6-14(11)18-21(19,20)15-8-7-12(10-17-2)9-13(15)16/h7-9,11,14,17-18H,3-6,10H2,1-2H3. The van der Waals surface area contributed by atoms with Gasteiger partial charge in [-0.05, 0) is 59.4 Å². The van der Waals surface area contributed by atoms with Crippen LogP contribution in [0, 0.1) is 5.92 Å². The summed E-state index contributed by atoms with van der Waals surface area (Å²) in [5.74, 6) is 0.399. The minimum absolute atomic E-state index is 0.0487. The molecule has 21 heavy (non-hydrogen) atoms. The zero-order valence-corrected chi connectivity index (χ0v) is 14.9. The molecule has 1 aromatic rings. The third kappa shape index (κ3) is 4.28. The Labute approximate surface area is 135 Å². The van der Waals surface area contributed by atoms with Crippen LogP contribution in [0.4, 0.5) is 0 Å². The summed E-state index contributed by atoms with van der Waals surface area (Å²) in [4.78, 5) is 0.320. The minimum Gasteiger partial charge on any atom is -0.316 e. The maximum atomic E-state index is 12.6. The Bertz CT molecular complexity index is 589. The number of rotatable bonds is 5. The molecule has 2 N–H and O–H groups in total. The zero-order valence-electron chi connectivity index (χ0n) is 12.5. The molecule has 0 radical (unpaired) electrons. The lowest BCUT2D eigenvalue weighted by molar-refractivity contribution is 0.310. The maximum absolute atomic E-state index is 12.6. The van der Waals surface area contributed by atoms with Crippen LogP contribution >= 0.6 is 15.9 Å². The van der Waals surface area contributed by atoms with Crippen LogP contribution in [0.15, 0.2) is 27.6 Å². The van der Waals surface area contributed by atoms with Crippen LogP contribution in [0.5, 0.6) is 0 Å². The molecule has 1 fully saturated rings. The van der Waals surface area contributed by atoms with E-state index >= 15 is 0 Å². The molecule has 118 valence electrons. The first-order valence-corrected chi connectivity index (χ1v) is 9.67. The second-order valence-corrected chi connectivity index (χ2v) is 8.32. The highest BCUT2D eigenvalue weighted by atomic mass is 79.9. The highest BCUT2D eigenvalue weighted by Crippen LogP contribution is 2.28. The monoisotopic (exact) mass is 374 g/mol. The second-order valence-electron chi connectivity index (χ2n) is 5.78. The molecule has 2 rings (SSSR count). The van der Waals surface area contributed by atoms with Crippen LogP contribution in [-0.4, -0.2) is 21.5 Å². The van der Waals surface area contributed by atoms with Crippen molar-refractivity contribution < 1.29 is 8.42 Å². The Morgan fingerprint density at radius 1 is 1.29 bits per heavy atom. The molecule has 4 nitrogen and oxygen atoms in total. The van der Waals surface area contributed by atoms with Crippen molar-refractivity contribution in [1.29, 1.82) is 0 Å². The molecule has 0 saturated heterocycles. The van der Waals surface area contributed by atoms with Crippen LogP contribution in [0.3, 0.4) is 0 Å². The van der Waals surface area contributed by atoms with Crippen molar-refractivity contribution >= 4 is 26.0 Å². The predicted octanol–water partition coefficient (Wildman–Crippen LogP) is 3.03. The average molecular weight is 375 g/mol. The van der Waals surface area contributed by atoms with Gasteiger partial charge < -0.3 is 5.32 Å². The Morgan fingerprint density at radius 2 is 2.00 bits per heavy atom. The van der Waals surface area contributed by atoms with Crippen molar-refractivity contribution in [1.82, 2.24) is 10.0 Å². The van der Waals surface area contributed by atoms with Gasteiger partial charge in [0.1, 0.15) is 0 Å². The van der Waals surface area contributed by atoms with Gasteiger partial charge in [-0.2, -0.15) is 0 Å². The Kier molecular flexibility index (Phi) is 5.82. The van der Waals surface area contributed by atoms with Gasteiger partial charge in [-0.1, -0.05) is 25.8 Å². The first kappa shape index (κ1) is 16.9. The number of nitrogens with one attached hydrogen (secondary N) is 2. The van der Waals surface area contributed by atoms with Gasteiger partial charge in [-0.15, -0.1) is 0 Å². The van der Waals surface area contributed by atoms with E-state index in [1.54, 1.807) is 6.07 Å². The molecule has 1 aliphatic carbocycles. The van der Waals surface area contributed by atoms with Crippen molar-refractivity contribution in [2.75, 3.05) is 7.05 Å². The normalized spacial score (nSPS) is 23.2. The molecule has 0 amide bonds. The topological polar surface area (TPSA) is 58.2 Å². The molecule has 0 spiro atoms. The molecule has 6 heteroatoms. The van der Waals surface area contributed by atoms with E-state index in [1.807, 2.05) is 19.2 Å². The molecule has 1 saturated carbocycles. The Hall–Kier alpha value is -0.430. The molecule has 0 aromatic heterocycles. The molecule has 2 atom stereocenters. The van der Waals surface area contributed by atoms with Crippen LogP contribution in [-0.2, 0) is 16.6 Å². The van der Waals surface area contributed by atoms with Crippen LogP contribution in [0.25, 0.3) is 0 Å². The van der Waals surface area contributed by atoms with Crippen LogP contribution < -0.4 is 10.0 Å². The van der Waals surface area contributed by atoms with E-state index in [4.69, 9.17) is 0 Å². The van der Waals surface area contributed by atoms with Crippen molar-refractivity contribution in [2.45, 2.75) is 50.1 Å². The molecule has 0 bridgehead atoms. The summed E-state index contributed by atoms with van der Waals surface area (Å²) < 4.78 is 28.7. The maximum Gasteiger partial charge on any atom is 0.241 e. The number of hydrogen-bond acceptors (Lipinski definition) is 3. The molecular formula is C15H23BrN2O2S. The lowest BCUT2D eigenvalue weighted by Crippen LogP contribution is -2.41. The van der Waals surface area contributed by atoms with Crippen LogP contribution in [0.1, 0.15) is 38.2 Å². The summed E-state index contributed by atoms with van der Waals surface area (Å²) in [6, 6.07) is 5.43. The van der Waals surface area contributed by atoms with Gasteiger partial charge in [0.15, 0.2) is 0 Å². The summed E-state index contributed by atoms with van der Waals surface area (Å²) in [5.41, 5.74) is 1.05. The first-order chi connectivity index (χ1) is 9.94. The lowest BCUT2D eigenvalue weighted by atomic mass is 9.87. The van der Waals surface area contributed by atoms with Gasteiger partial charge in [0.05, 0.1) is 4.90 Å². The van der Waals surface area contributed by atoms with Crippen molar-refractivity contribution in [2.24, 2.45) is 5.92 Å². The lowest BCUT2D eigenvalue weighted by Gasteiger charge is -2.29. The molecular weight excluding hydrogens is 352 g/mol. The molecule has 2 unspecified atom stereocenters. The van der Waals surface area contributed by atoms with E-state index < -0.39 is 10.0 Å². The molecule has 1 aromatic carbocycles. The van der Waals surface area contributed by atoms with E-state index in [-0.39, 0.29) is 6.04 Å². The quantitative estimate of drug-likeness (QED) is 0.832. The van der Waals surface area contributed by atoms with Gasteiger partial charge in [-0.3, -0.25) is 0 Å². The molecule has 1 aliphatic rings. The fourth-order valence-electron chi connectivity index (χ4n) is 2.83. The fraction of sp³-hybridized carbons (Fsp3) is 0.600. The smallest absolute Gasteiger partial charge is 0.241 e. The van der Waals surface area contributed by atoms with E-state index in [9.17, 15) is 8.42 Å². The van der Waals surface area contributed by atoms with Gasteiger partial charge in [-0.25, -0.2) is 13.1 Å². The van der Waals surface area contributed by atoms with E-state index in [0.29, 0.717) is 21.8 Å². The molecule has 0 heterocycles. The number of halogens is 1. The average Bonchev–Trinajstić information content (AvgIpc) is 2.41. The van der Waals surface area contributed by atoms with E-state index in [0.717, 1.165) is 24.8 Å². The van der Waals surface area contributed by atoms with Crippen molar-refractivity contribution in [3.05, 3.63) is 28.2 Å². The summed E-state index contributed by atoms with van der Waals surface area (Å²) >= 11 is 3.39. The summed E-state index contributed by atoms with van der Waals surface area (Å²) in [6.45, 7) is 2.84. The van der Waals surface area contributed by atoms with Crippen molar-refractivity contribution in [3.63, 3.8) is 0 Å². The SMILES string of the molecule is CNCc1ccc(S(=O)(=O)NC2CCCCC2C)c(Br)c1. The van der Waals surface area contributed by atoms with Crippen molar-refractivity contribution in [3.8, 4) is 0 Å². The summed E-state index contributed by atoms with van der Waals surface area (Å²) in [6.07, 6.45) is 4.31. The fourth-order valence-corrected chi connectivity index (χ4v) is 5.33. The largest absolute Gasteiger partial charge is 0.316 e. The Balaban J connectivity index is 2.19. The van der Waals surface area contributed by atoms with Gasteiger partial charge in [0.2, 0.25) is 10.0 Å². The summed E-state index contributed by atoms with van der Waals surface area (Å²) in [7, 11) is -1.61. The van der Waals surface area contributed by atoms with Crippen LogP contribution in [0.2, 0.25) is 0 Å². The summed E-state index contributed by atoms with van der Waals surface area (Å²) in [5, 5.41) is 3.05. The van der Waals surface area contributed by atoms with Gasteiger partial charge in [0.25, 0.3) is 0 Å². The third-order valence-corrected chi connectivity index (χ3v) is 6.55. The zero-order chi connectivity index (χ0) is 15.5. The molecule has 0 aliphatic heterocycles. The van der Waals surface area contributed by atoms with E-state index in [2.05, 4.69) is 32.9 Å². The minimum atomic E-state index is -3.47. The second kappa shape index (κ2) is 7.22. The third-order valence-electron chi connectivity index (χ3n) is 4.08. The first-order valence-electron chi connectivity index (χ1n) is 7.39. The van der Waals surface area contributed by atoms with Gasteiger partial charge in [0, 0.05) is 17.1 Å².